The normalized spacial score (nSPS) is 26.7. The molecular formula is C14H21N3O. The molecule has 1 N–H and O–H groups in total. The van der Waals surface area contributed by atoms with Gasteiger partial charge in [0.25, 0.3) is 0 Å². The minimum atomic E-state index is 0.196. The number of piperidine rings is 1. The fourth-order valence-corrected chi connectivity index (χ4v) is 2.96. The van der Waals surface area contributed by atoms with E-state index < -0.39 is 0 Å². The van der Waals surface area contributed by atoms with Gasteiger partial charge < -0.3 is 15.0 Å². The SMILES string of the molecule is CC(C)Oc1cncc(N2CC3CNC(C3)C2)c1. The smallest absolute Gasteiger partial charge is 0.140 e. The third kappa shape index (κ3) is 2.43. The van der Waals surface area contributed by atoms with Gasteiger partial charge in [-0.2, -0.15) is 0 Å². The number of hydrogen-bond acceptors (Lipinski definition) is 4. The molecule has 3 heterocycles. The molecule has 0 spiro atoms. The van der Waals surface area contributed by atoms with Crippen molar-refractivity contribution in [3.8, 4) is 5.75 Å². The van der Waals surface area contributed by atoms with E-state index in [1.807, 2.05) is 20.0 Å². The summed E-state index contributed by atoms with van der Waals surface area (Å²) in [7, 11) is 0. The predicted molar refractivity (Wildman–Crippen MR) is 72.1 cm³/mol. The van der Waals surface area contributed by atoms with Crippen molar-refractivity contribution in [2.75, 3.05) is 24.5 Å². The Bertz CT molecular complexity index is 409. The Morgan fingerprint density at radius 3 is 3.06 bits per heavy atom. The molecular weight excluding hydrogens is 226 g/mol. The molecule has 3 rings (SSSR count). The molecule has 2 aliphatic rings. The van der Waals surface area contributed by atoms with Crippen molar-refractivity contribution in [3.63, 3.8) is 0 Å². The Kier molecular flexibility index (Phi) is 3.12. The number of pyridine rings is 1. The van der Waals surface area contributed by atoms with E-state index in [2.05, 4.69) is 21.3 Å². The van der Waals surface area contributed by atoms with Crippen LogP contribution < -0.4 is 15.0 Å². The van der Waals surface area contributed by atoms with Gasteiger partial charge in [-0.15, -0.1) is 0 Å². The minimum absolute atomic E-state index is 0.196. The molecule has 0 saturated carbocycles. The van der Waals surface area contributed by atoms with E-state index in [9.17, 15) is 0 Å². The first-order valence-corrected chi connectivity index (χ1v) is 6.81. The molecule has 4 nitrogen and oxygen atoms in total. The van der Waals surface area contributed by atoms with E-state index in [1.165, 1.54) is 12.1 Å². The van der Waals surface area contributed by atoms with Gasteiger partial charge >= 0.3 is 0 Å². The number of aromatic nitrogens is 1. The van der Waals surface area contributed by atoms with Gasteiger partial charge in [0, 0.05) is 31.7 Å². The maximum atomic E-state index is 5.71. The Morgan fingerprint density at radius 2 is 2.28 bits per heavy atom. The summed E-state index contributed by atoms with van der Waals surface area (Å²) in [5.41, 5.74) is 1.19. The number of nitrogens with one attached hydrogen (secondary N) is 1. The van der Waals surface area contributed by atoms with Crippen LogP contribution >= 0.6 is 0 Å². The average molecular weight is 247 g/mol. The van der Waals surface area contributed by atoms with E-state index in [1.54, 1.807) is 6.20 Å². The second kappa shape index (κ2) is 4.76. The highest BCUT2D eigenvalue weighted by molar-refractivity contribution is 5.49. The molecule has 2 atom stereocenters. The summed E-state index contributed by atoms with van der Waals surface area (Å²) in [5.74, 6) is 1.66. The number of anilines is 1. The molecule has 2 saturated heterocycles. The summed E-state index contributed by atoms with van der Waals surface area (Å²) in [6.45, 7) is 7.46. The third-order valence-electron chi connectivity index (χ3n) is 3.67. The zero-order valence-corrected chi connectivity index (χ0v) is 11.1. The molecule has 2 fully saturated rings. The molecule has 1 aromatic heterocycles. The van der Waals surface area contributed by atoms with E-state index in [0.717, 1.165) is 31.3 Å². The lowest BCUT2D eigenvalue weighted by atomic mass is 10.00. The second-order valence-corrected chi connectivity index (χ2v) is 5.66. The molecule has 98 valence electrons. The van der Waals surface area contributed by atoms with Crippen LogP contribution in [-0.2, 0) is 0 Å². The lowest BCUT2D eigenvalue weighted by Crippen LogP contribution is -2.41. The number of fused-ring (bicyclic) bond motifs is 2. The maximum Gasteiger partial charge on any atom is 0.140 e. The summed E-state index contributed by atoms with van der Waals surface area (Å²) >= 11 is 0. The summed E-state index contributed by atoms with van der Waals surface area (Å²) < 4.78 is 5.71. The van der Waals surface area contributed by atoms with Crippen LogP contribution in [0.2, 0.25) is 0 Å². The first-order valence-electron chi connectivity index (χ1n) is 6.81. The van der Waals surface area contributed by atoms with Gasteiger partial charge in [0.05, 0.1) is 24.2 Å². The highest BCUT2D eigenvalue weighted by Crippen LogP contribution is 2.28. The van der Waals surface area contributed by atoms with Gasteiger partial charge in [0.15, 0.2) is 0 Å². The molecule has 0 aromatic carbocycles. The zero-order valence-electron chi connectivity index (χ0n) is 11.1. The first-order chi connectivity index (χ1) is 8.70. The number of hydrogen-bond donors (Lipinski definition) is 1. The van der Waals surface area contributed by atoms with Gasteiger partial charge in [0.1, 0.15) is 5.75 Å². The molecule has 0 amide bonds. The van der Waals surface area contributed by atoms with Crippen molar-refractivity contribution < 1.29 is 4.74 Å². The second-order valence-electron chi connectivity index (χ2n) is 5.66. The Morgan fingerprint density at radius 1 is 1.39 bits per heavy atom. The van der Waals surface area contributed by atoms with Crippen LogP contribution in [0, 0.1) is 5.92 Å². The number of ether oxygens (including phenoxy) is 1. The topological polar surface area (TPSA) is 37.4 Å². The molecule has 0 aliphatic carbocycles. The highest BCUT2D eigenvalue weighted by Gasteiger charge is 2.32. The minimum Gasteiger partial charge on any atom is -0.489 e. The number of rotatable bonds is 3. The van der Waals surface area contributed by atoms with Crippen molar-refractivity contribution in [2.24, 2.45) is 5.92 Å². The quantitative estimate of drug-likeness (QED) is 0.881. The van der Waals surface area contributed by atoms with Crippen LogP contribution in [0.4, 0.5) is 5.69 Å². The van der Waals surface area contributed by atoms with Gasteiger partial charge in [0.2, 0.25) is 0 Å². The summed E-state index contributed by atoms with van der Waals surface area (Å²) in [4.78, 5) is 6.73. The van der Waals surface area contributed by atoms with Crippen LogP contribution in [0.1, 0.15) is 20.3 Å². The maximum absolute atomic E-state index is 5.71. The Balaban J connectivity index is 1.75. The van der Waals surface area contributed by atoms with Crippen LogP contribution in [-0.4, -0.2) is 36.8 Å². The van der Waals surface area contributed by atoms with E-state index in [4.69, 9.17) is 4.74 Å². The summed E-state index contributed by atoms with van der Waals surface area (Å²) in [6.07, 6.45) is 5.26. The van der Waals surface area contributed by atoms with Crippen molar-refractivity contribution in [1.82, 2.24) is 10.3 Å². The molecule has 2 bridgehead atoms. The van der Waals surface area contributed by atoms with Crippen molar-refractivity contribution >= 4 is 5.69 Å². The predicted octanol–water partition coefficient (Wildman–Crippen LogP) is 1.67. The first kappa shape index (κ1) is 11.8. The zero-order chi connectivity index (χ0) is 12.5. The van der Waals surface area contributed by atoms with Crippen LogP contribution in [0.15, 0.2) is 18.5 Å². The van der Waals surface area contributed by atoms with Gasteiger partial charge in [-0.05, 0) is 26.2 Å². The lowest BCUT2D eigenvalue weighted by molar-refractivity contribution is 0.241. The average Bonchev–Trinajstić information content (AvgIpc) is 2.68. The monoisotopic (exact) mass is 247 g/mol. The molecule has 2 unspecified atom stereocenters. The van der Waals surface area contributed by atoms with E-state index in [-0.39, 0.29) is 6.10 Å². The third-order valence-corrected chi connectivity index (χ3v) is 3.67. The lowest BCUT2D eigenvalue weighted by Gasteiger charge is -2.32. The largest absolute Gasteiger partial charge is 0.489 e. The Hall–Kier alpha value is -1.29. The van der Waals surface area contributed by atoms with Crippen molar-refractivity contribution in [3.05, 3.63) is 18.5 Å². The molecule has 2 aliphatic heterocycles. The van der Waals surface area contributed by atoms with Crippen LogP contribution in [0.3, 0.4) is 0 Å². The molecule has 18 heavy (non-hydrogen) atoms. The van der Waals surface area contributed by atoms with E-state index in [0.29, 0.717) is 6.04 Å². The highest BCUT2D eigenvalue weighted by atomic mass is 16.5. The van der Waals surface area contributed by atoms with Gasteiger partial charge in [-0.25, -0.2) is 0 Å². The van der Waals surface area contributed by atoms with Crippen molar-refractivity contribution in [2.45, 2.75) is 32.4 Å². The standard InChI is InChI=1S/C14H21N3O/c1-10(2)18-14-4-13(6-15-7-14)17-8-11-3-12(9-17)16-5-11/h4,6-7,10-12,16H,3,5,8-9H2,1-2H3. The van der Waals surface area contributed by atoms with Crippen LogP contribution in [0.5, 0.6) is 5.75 Å². The fraction of sp³-hybridized carbons (Fsp3) is 0.643. The van der Waals surface area contributed by atoms with Crippen molar-refractivity contribution in [1.29, 1.82) is 0 Å². The van der Waals surface area contributed by atoms with Crippen LogP contribution in [0.25, 0.3) is 0 Å². The molecule has 4 heteroatoms. The summed E-state index contributed by atoms with van der Waals surface area (Å²) in [5, 5.41) is 3.57. The molecule has 0 radical (unpaired) electrons. The Labute approximate surface area is 108 Å². The van der Waals surface area contributed by atoms with Gasteiger partial charge in [-0.3, -0.25) is 4.98 Å². The van der Waals surface area contributed by atoms with E-state index >= 15 is 0 Å². The molecule has 1 aromatic rings. The number of nitrogens with zero attached hydrogens (tertiary/aromatic N) is 2. The fourth-order valence-electron chi connectivity index (χ4n) is 2.96. The van der Waals surface area contributed by atoms with Gasteiger partial charge in [-0.1, -0.05) is 0 Å². The summed E-state index contributed by atoms with van der Waals surface area (Å²) in [6, 6.07) is 2.76.